The fourth-order valence-corrected chi connectivity index (χ4v) is 7.15. The molecule has 3 atom stereocenters. The Morgan fingerprint density at radius 3 is 2.10 bits per heavy atom. The highest BCUT2D eigenvalue weighted by molar-refractivity contribution is 5.89. The zero-order chi connectivity index (χ0) is 34.6. The summed E-state index contributed by atoms with van der Waals surface area (Å²) in [7, 11) is 0. The largest absolute Gasteiger partial charge is 0.490 e. The molecule has 4 aromatic rings. The first-order chi connectivity index (χ1) is 23.8. The third-order valence-corrected chi connectivity index (χ3v) is 9.81. The third kappa shape index (κ3) is 10.3. The van der Waals surface area contributed by atoms with Gasteiger partial charge in [-0.05, 0) is 82.5 Å². The topological polar surface area (TPSA) is 27.7 Å². The van der Waals surface area contributed by atoms with E-state index in [0.29, 0.717) is 36.9 Å². The number of ether oxygens (including phenoxy) is 3. The van der Waals surface area contributed by atoms with E-state index in [9.17, 15) is 0 Å². The Labute approximate surface area is 296 Å². The van der Waals surface area contributed by atoms with E-state index in [0.717, 1.165) is 36.3 Å². The predicted octanol–water partition coefficient (Wildman–Crippen LogP) is 12.9. The molecule has 0 saturated heterocycles. The van der Waals surface area contributed by atoms with Crippen LogP contribution in [0.1, 0.15) is 109 Å². The summed E-state index contributed by atoms with van der Waals surface area (Å²) in [5.41, 5.74) is 6.25. The van der Waals surface area contributed by atoms with Gasteiger partial charge in [-0.25, -0.2) is 0 Å². The van der Waals surface area contributed by atoms with Crippen molar-refractivity contribution in [2.24, 2.45) is 17.8 Å². The lowest BCUT2D eigenvalue weighted by atomic mass is 9.81. The molecule has 0 N–H and O–H groups in total. The van der Waals surface area contributed by atoms with Crippen LogP contribution in [-0.2, 0) is 9.47 Å². The number of allylic oxidation sites excluding steroid dienone is 3. The molecule has 0 radical (unpaired) electrons. The maximum Gasteiger partial charge on any atom is 0.200 e. The van der Waals surface area contributed by atoms with Crippen molar-refractivity contribution < 1.29 is 14.2 Å². The lowest BCUT2D eigenvalue weighted by Crippen LogP contribution is -2.25. The van der Waals surface area contributed by atoms with E-state index in [1.54, 1.807) is 0 Å². The number of fused-ring (bicyclic) bond motifs is 1. The van der Waals surface area contributed by atoms with Gasteiger partial charge >= 0.3 is 0 Å². The molecule has 3 nitrogen and oxygen atoms in total. The molecule has 0 aromatic heterocycles. The van der Waals surface area contributed by atoms with Crippen LogP contribution in [0.3, 0.4) is 0 Å². The Hall–Kier alpha value is -3.82. The van der Waals surface area contributed by atoms with Gasteiger partial charge in [0.1, 0.15) is 18.1 Å². The van der Waals surface area contributed by atoms with Crippen LogP contribution in [0.15, 0.2) is 109 Å². The maximum atomic E-state index is 6.65. The predicted molar refractivity (Wildman–Crippen MR) is 208 cm³/mol. The molecule has 0 saturated carbocycles. The molecule has 49 heavy (non-hydrogen) atoms. The van der Waals surface area contributed by atoms with Crippen molar-refractivity contribution >= 4 is 21.9 Å². The standard InChI is InChI=1S/C46H58O3/c1-7-8-16-35(6)30-45(49-41-26-25-38-31-40(24-23-39(38)32-41)44(34(4)5)29-33(2)3)47-27-28-48-46-42(36-17-11-9-12-18-36)21-15-22-43(46)37-19-13-10-14-20-37/h9-14,17-21,23-26,31-35,44-45H,7-8,15-16,22,27-30H2,1-6H3. The minimum absolute atomic E-state index is 0.346. The average Bonchev–Trinajstić information content (AvgIpc) is 3.11. The lowest BCUT2D eigenvalue weighted by Gasteiger charge is -2.25. The van der Waals surface area contributed by atoms with Crippen LogP contribution in [0.5, 0.6) is 5.75 Å². The van der Waals surface area contributed by atoms with Crippen molar-refractivity contribution in [2.45, 2.75) is 98.7 Å². The van der Waals surface area contributed by atoms with E-state index < -0.39 is 0 Å². The zero-order valence-corrected chi connectivity index (χ0v) is 30.8. The SMILES string of the molecule is CCCCC(C)CC(OCCOC1=C(c2ccccc2)CCC=C1c1ccccc1)Oc1ccc2cc(C(CC(C)C)C(C)C)ccc2c1. The van der Waals surface area contributed by atoms with Crippen LogP contribution in [0.25, 0.3) is 21.9 Å². The van der Waals surface area contributed by atoms with E-state index >= 15 is 0 Å². The molecular formula is C46H58O3. The summed E-state index contributed by atoms with van der Waals surface area (Å²) in [5.74, 6) is 4.17. The molecule has 260 valence electrons. The quantitative estimate of drug-likeness (QED) is 0.0786. The second-order valence-corrected chi connectivity index (χ2v) is 14.7. The summed E-state index contributed by atoms with van der Waals surface area (Å²) in [6.45, 7) is 14.8. The maximum absolute atomic E-state index is 6.65. The van der Waals surface area contributed by atoms with Crippen molar-refractivity contribution in [2.75, 3.05) is 13.2 Å². The molecule has 4 aromatic carbocycles. The fraction of sp³-hybridized carbons (Fsp3) is 0.435. The molecular weight excluding hydrogens is 601 g/mol. The van der Waals surface area contributed by atoms with E-state index in [4.69, 9.17) is 14.2 Å². The van der Waals surface area contributed by atoms with Gasteiger partial charge < -0.3 is 14.2 Å². The number of hydrogen-bond donors (Lipinski definition) is 0. The zero-order valence-electron chi connectivity index (χ0n) is 30.8. The fourth-order valence-electron chi connectivity index (χ4n) is 7.15. The molecule has 3 unspecified atom stereocenters. The summed E-state index contributed by atoms with van der Waals surface area (Å²) in [4.78, 5) is 0. The summed E-state index contributed by atoms with van der Waals surface area (Å²) in [6.07, 6.45) is 9.55. The summed E-state index contributed by atoms with van der Waals surface area (Å²) in [6, 6.07) is 34.7. The molecule has 1 aliphatic carbocycles. The summed E-state index contributed by atoms with van der Waals surface area (Å²) in [5, 5.41) is 2.46. The Bertz CT molecular complexity index is 1650. The van der Waals surface area contributed by atoms with Crippen molar-refractivity contribution in [1.82, 2.24) is 0 Å². The van der Waals surface area contributed by atoms with E-state index in [1.807, 2.05) is 0 Å². The molecule has 0 heterocycles. The van der Waals surface area contributed by atoms with Crippen LogP contribution in [0.2, 0.25) is 0 Å². The molecule has 0 amide bonds. The van der Waals surface area contributed by atoms with Crippen molar-refractivity contribution in [3.8, 4) is 5.75 Å². The highest BCUT2D eigenvalue weighted by Crippen LogP contribution is 2.38. The first-order valence-electron chi connectivity index (χ1n) is 18.8. The molecule has 0 bridgehead atoms. The number of hydrogen-bond acceptors (Lipinski definition) is 3. The average molecular weight is 659 g/mol. The normalized spacial score (nSPS) is 15.4. The van der Waals surface area contributed by atoms with Crippen LogP contribution < -0.4 is 4.74 Å². The van der Waals surface area contributed by atoms with E-state index in [1.165, 1.54) is 58.7 Å². The molecule has 0 fully saturated rings. The monoisotopic (exact) mass is 658 g/mol. The van der Waals surface area contributed by atoms with Crippen molar-refractivity contribution in [3.63, 3.8) is 0 Å². The van der Waals surface area contributed by atoms with Crippen LogP contribution in [-0.4, -0.2) is 19.5 Å². The smallest absolute Gasteiger partial charge is 0.200 e. The second kappa shape index (κ2) is 18.3. The van der Waals surface area contributed by atoms with Gasteiger partial charge in [0.15, 0.2) is 6.29 Å². The van der Waals surface area contributed by atoms with Gasteiger partial charge in [0.25, 0.3) is 0 Å². The highest BCUT2D eigenvalue weighted by atomic mass is 16.7. The van der Waals surface area contributed by atoms with Gasteiger partial charge in [-0.2, -0.15) is 0 Å². The van der Waals surface area contributed by atoms with Gasteiger partial charge in [-0.3, -0.25) is 0 Å². The Morgan fingerprint density at radius 2 is 1.41 bits per heavy atom. The van der Waals surface area contributed by atoms with Gasteiger partial charge in [0.05, 0.1) is 6.61 Å². The van der Waals surface area contributed by atoms with E-state index in [-0.39, 0.29) is 6.29 Å². The Kier molecular flexibility index (Phi) is 13.6. The van der Waals surface area contributed by atoms with Gasteiger partial charge in [0, 0.05) is 17.6 Å². The highest BCUT2D eigenvalue weighted by Gasteiger charge is 2.22. The number of rotatable bonds is 18. The van der Waals surface area contributed by atoms with Crippen molar-refractivity contribution in [1.29, 1.82) is 0 Å². The summed E-state index contributed by atoms with van der Waals surface area (Å²) < 4.78 is 19.8. The molecule has 1 aliphatic rings. The molecule has 5 rings (SSSR count). The number of benzene rings is 4. The number of unbranched alkanes of at least 4 members (excludes halogenated alkanes) is 1. The molecule has 3 heteroatoms. The van der Waals surface area contributed by atoms with Crippen LogP contribution in [0, 0.1) is 17.8 Å². The first kappa shape index (κ1) is 36.5. The first-order valence-corrected chi connectivity index (χ1v) is 18.8. The Morgan fingerprint density at radius 1 is 0.714 bits per heavy atom. The molecule has 0 aliphatic heterocycles. The second-order valence-electron chi connectivity index (χ2n) is 14.7. The van der Waals surface area contributed by atoms with Gasteiger partial charge in [-0.15, -0.1) is 0 Å². The van der Waals surface area contributed by atoms with Gasteiger partial charge in [-0.1, -0.05) is 152 Å². The minimum atomic E-state index is -0.346. The third-order valence-electron chi connectivity index (χ3n) is 9.81. The van der Waals surface area contributed by atoms with Crippen LogP contribution in [0.4, 0.5) is 0 Å². The van der Waals surface area contributed by atoms with E-state index in [2.05, 4.69) is 145 Å². The molecule has 0 spiro atoms. The minimum Gasteiger partial charge on any atom is -0.490 e. The Balaban J connectivity index is 1.30. The van der Waals surface area contributed by atoms with Gasteiger partial charge in [0.2, 0.25) is 0 Å². The summed E-state index contributed by atoms with van der Waals surface area (Å²) >= 11 is 0. The van der Waals surface area contributed by atoms with Crippen LogP contribution >= 0.6 is 0 Å². The lowest BCUT2D eigenvalue weighted by molar-refractivity contribution is -0.101. The van der Waals surface area contributed by atoms with Crippen molar-refractivity contribution in [3.05, 3.63) is 126 Å².